The van der Waals surface area contributed by atoms with E-state index < -0.39 is 0 Å². The van der Waals surface area contributed by atoms with Gasteiger partial charge in [0.2, 0.25) is 0 Å². The lowest BCUT2D eigenvalue weighted by Crippen LogP contribution is -2.38. The van der Waals surface area contributed by atoms with Crippen molar-refractivity contribution in [2.24, 2.45) is 0 Å². The van der Waals surface area contributed by atoms with Gasteiger partial charge in [-0.25, -0.2) is 0 Å². The number of aromatic nitrogens is 3. The third-order valence-corrected chi connectivity index (χ3v) is 6.50. The minimum Gasteiger partial charge on any atom is -0.352 e. The standard InChI is InChI=1S/C23H25N5S/c1-16-11-12-20(27(16)18-9-6-13-24-15-18)22-21(19-10-4-5-14-25-19)26-23(29)28(22)17-7-2-3-8-17/h4-6,9-15,17,21-22H,2-3,7-8H2,1H3,(H,26,29)/t21-,22+/m1/s1. The molecule has 0 spiro atoms. The molecule has 3 aromatic rings. The highest BCUT2D eigenvalue weighted by molar-refractivity contribution is 7.80. The van der Waals surface area contributed by atoms with Crippen molar-refractivity contribution in [1.82, 2.24) is 24.8 Å². The van der Waals surface area contributed by atoms with Crippen molar-refractivity contribution in [3.63, 3.8) is 0 Å². The molecule has 0 unspecified atom stereocenters. The van der Waals surface area contributed by atoms with Crippen molar-refractivity contribution >= 4 is 17.3 Å². The zero-order chi connectivity index (χ0) is 19.8. The van der Waals surface area contributed by atoms with Crippen LogP contribution in [0.15, 0.2) is 61.1 Å². The summed E-state index contributed by atoms with van der Waals surface area (Å²) in [5.74, 6) is 0. The summed E-state index contributed by atoms with van der Waals surface area (Å²) in [5, 5.41) is 4.44. The van der Waals surface area contributed by atoms with Crippen LogP contribution in [0.5, 0.6) is 0 Å². The highest BCUT2D eigenvalue weighted by Crippen LogP contribution is 2.43. The van der Waals surface area contributed by atoms with Crippen molar-refractivity contribution in [3.8, 4) is 5.69 Å². The molecule has 5 rings (SSSR count). The van der Waals surface area contributed by atoms with Gasteiger partial charge in [0.1, 0.15) is 0 Å². The van der Waals surface area contributed by atoms with Gasteiger partial charge in [-0.05, 0) is 68.4 Å². The molecule has 1 aliphatic heterocycles. The number of aryl methyl sites for hydroxylation is 1. The molecule has 1 saturated heterocycles. The van der Waals surface area contributed by atoms with Crippen LogP contribution in [0.4, 0.5) is 0 Å². The van der Waals surface area contributed by atoms with E-state index in [9.17, 15) is 0 Å². The molecule has 29 heavy (non-hydrogen) atoms. The van der Waals surface area contributed by atoms with E-state index in [0.717, 1.165) is 16.5 Å². The molecule has 148 valence electrons. The zero-order valence-corrected chi connectivity index (χ0v) is 17.3. The molecule has 2 atom stereocenters. The Kier molecular flexibility index (Phi) is 4.79. The highest BCUT2D eigenvalue weighted by Gasteiger charge is 2.45. The van der Waals surface area contributed by atoms with Crippen molar-refractivity contribution in [1.29, 1.82) is 0 Å². The van der Waals surface area contributed by atoms with E-state index >= 15 is 0 Å². The molecule has 1 saturated carbocycles. The van der Waals surface area contributed by atoms with E-state index in [1.165, 1.54) is 37.1 Å². The molecular weight excluding hydrogens is 378 g/mol. The highest BCUT2D eigenvalue weighted by atomic mass is 32.1. The van der Waals surface area contributed by atoms with E-state index in [1.54, 1.807) is 0 Å². The van der Waals surface area contributed by atoms with Crippen LogP contribution >= 0.6 is 12.2 Å². The zero-order valence-electron chi connectivity index (χ0n) is 16.5. The second-order valence-electron chi connectivity index (χ2n) is 7.92. The van der Waals surface area contributed by atoms with Gasteiger partial charge in [-0.3, -0.25) is 9.97 Å². The quantitative estimate of drug-likeness (QED) is 0.650. The van der Waals surface area contributed by atoms with Crippen LogP contribution in [0.3, 0.4) is 0 Å². The number of nitrogens with zero attached hydrogens (tertiary/aromatic N) is 4. The second kappa shape index (κ2) is 7.59. The average molecular weight is 404 g/mol. The summed E-state index contributed by atoms with van der Waals surface area (Å²) in [6.45, 7) is 2.15. The predicted octanol–water partition coefficient (Wildman–Crippen LogP) is 4.49. The topological polar surface area (TPSA) is 46.0 Å². The third-order valence-electron chi connectivity index (χ3n) is 6.17. The monoisotopic (exact) mass is 403 g/mol. The Bertz CT molecular complexity index is 995. The van der Waals surface area contributed by atoms with Gasteiger partial charge in [0.25, 0.3) is 0 Å². The van der Waals surface area contributed by atoms with E-state index in [2.05, 4.69) is 55.9 Å². The summed E-state index contributed by atoms with van der Waals surface area (Å²) in [4.78, 5) is 11.5. The Morgan fingerprint density at radius 3 is 2.62 bits per heavy atom. The molecule has 2 aliphatic rings. The Labute approximate surface area is 176 Å². The van der Waals surface area contributed by atoms with Gasteiger partial charge in [0, 0.05) is 29.8 Å². The van der Waals surface area contributed by atoms with Gasteiger partial charge in [-0.1, -0.05) is 18.9 Å². The van der Waals surface area contributed by atoms with Crippen molar-refractivity contribution in [2.45, 2.75) is 50.7 Å². The fraction of sp³-hybridized carbons (Fsp3) is 0.348. The molecule has 0 amide bonds. The van der Waals surface area contributed by atoms with Crippen molar-refractivity contribution in [3.05, 3.63) is 78.1 Å². The van der Waals surface area contributed by atoms with E-state index in [4.69, 9.17) is 12.2 Å². The lowest BCUT2D eigenvalue weighted by molar-refractivity contribution is 0.239. The smallest absolute Gasteiger partial charge is 0.170 e. The Balaban J connectivity index is 1.65. The molecule has 0 aromatic carbocycles. The number of nitrogens with one attached hydrogen (secondary N) is 1. The van der Waals surface area contributed by atoms with Gasteiger partial charge in [0.15, 0.2) is 5.11 Å². The summed E-state index contributed by atoms with van der Waals surface area (Å²) in [6, 6.07) is 15.2. The Hall–Kier alpha value is -2.73. The van der Waals surface area contributed by atoms with Crippen LogP contribution in [0, 0.1) is 6.92 Å². The maximum absolute atomic E-state index is 5.86. The number of pyridine rings is 2. The first-order valence-corrected chi connectivity index (χ1v) is 10.7. The fourth-order valence-corrected chi connectivity index (χ4v) is 5.28. The van der Waals surface area contributed by atoms with Crippen LogP contribution in [0.25, 0.3) is 5.69 Å². The molecule has 0 radical (unpaired) electrons. The molecule has 0 bridgehead atoms. The summed E-state index contributed by atoms with van der Waals surface area (Å²) < 4.78 is 2.31. The van der Waals surface area contributed by atoms with Gasteiger partial charge >= 0.3 is 0 Å². The van der Waals surface area contributed by atoms with Crippen molar-refractivity contribution in [2.75, 3.05) is 0 Å². The molecule has 4 heterocycles. The largest absolute Gasteiger partial charge is 0.352 e. The van der Waals surface area contributed by atoms with Crippen molar-refractivity contribution < 1.29 is 0 Å². The van der Waals surface area contributed by atoms with Crippen LogP contribution in [0.2, 0.25) is 0 Å². The van der Waals surface area contributed by atoms with Crippen LogP contribution in [0.1, 0.15) is 54.8 Å². The van der Waals surface area contributed by atoms with Gasteiger partial charge in [-0.15, -0.1) is 0 Å². The first-order valence-electron chi connectivity index (χ1n) is 10.3. The number of hydrogen-bond donors (Lipinski definition) is 1. The Morgan fingerprint density at radius 1 is 1.03 bits per heavy atom. The summed E-state index contributed by atoms with van der Waals surface area (Å²) in [7, 11) is 0. The van der Waals surface area contributed by atoms with Gasteiger partial charge in [0.05, 0.1) is 29.7 Å². The molecule has 6 heteroatoms. The second-order valence-corrected chi connectivity index (χ2v) is 8.31. The fourth-order valence-electron chi connectivity index (χ4n) is 4.89. The summed E-state index contributed by atoms with van der Waals surface area (Å²) in [6.07, 6.45) is 10.5. The summed E-state index contributed by atoms with van der Waals surface area (Å²) >= 11 is 5.86. The van der Waals surface area contributed by atoms with Crippen LogP contribution in [-0.4, -0.2) is 30.6 Å². The average Bonchev–Trinajstić information content (AvgIpc) is 3.48. The maximum atomic E-state index is 5.86. The Morgan fingerprint density at radius 2 is 1.90 bits per heavy atom. The lowest BCUT2D eigenvalue weighted by Gasteiger charge is -2.33. The number of hydrogen-bond acceptors (Lipinski definition) is 3. The maximum Gasteiger partial charge on any atom is 0.170 e. The number of thiocarbonyl (C=S) groups is 1. The first-order chi connectivity index (χ1) is 14.2. The lowest BCUT2D eigenvalue weighted by atomic mass is 9.99. The van der Waals surface area contributed by atoms with E-state index in [0.29, 0.717) is 6.04 Å². The van der Waals surface area contributed by atoms with Crippen LogP contribution < -0.4 is 5.32 Å². The molecule has 2 fully saturated rings. The third kappa shape index (κ3) is 3.21. The first kappa shape index (κ1) is 18.3. The molecule has 3 aromatic heterocycles. The molecule has 1 N–H and O–H groups in total. The van der Waals surface area contributed by atoms with Gasteiger partial charge in [-0.2, -0.15) is 0 Å². The van der Waals surface area contributed by atoms with Gasteiger partial charge < -0.3 is 14.8 Å². The van der Waals surface area contributed by atoms with E-state index in [-0.39, 0.29) is 12.1 Å². The SMILES string of the molecule is Cc1ccc([C@H]2[C@@H](c3ccccn3)NC(=S)N2C2CCCC2)n1-c1cccnc1. The minimum absolute atomic E-state index is 0.0222. The minimum atomic E-state index is 0.0222. The molecule has 5 nitrogen and oxygen atoms in total. The molecular formula is C23H25N5S. The summed E-state index contributed by atoms with van der Waals surface area (Å²) in [5.41, 5.74) is 4.52. The van der Waals surface area contributed by atoms with Crippen LogP contribution in [-0.2, 0) is 0 Å². The normalized spacial score (nSPS) is 22.2. The van der Waals surface area contributed by atoms with E-state index in [1.807, 2.05) is 36.8 Å². The number of rotatable bonds is 4. The predicted molar refractivity (Wildman–Crippen MR) is 118 cm³/mol. The molecule has 1 aliphatic carbocycles.